The van der Waals surface area contributed by atoms with Crippen molar-refractivity contribution in [1.82, 2.24) is 0 Å². The van der Waals surface area contributed by atoms with Crippen molar-refractivity contribution in [2.45, 2.75) is 19.3 Å². The van der Waals surface area contributed by atoms with Gasteiger partial charge in [0.15, 0.2) is 0 Å². The van der Waals surface area contributed by atoms with Crippen molar-refractivity contribution in [2.75, 3.05) is 13.7 Å². The van der Waals surface area contributed by atoms with E-state index in [1.165, 1.54) is 7.11 Å². The standard InChI is InChI=1S/C12H17NO3/c1-9-5-4-6-10(7-9)12(2,8-16-13)11(14)15-3/h4-7H,8,13H2,1-3H3. The zero-order valence-corrected chi connectivity index (χ0v) is 9.82. The lowest BCUT2D eigenvalue weighted by atomic mass is 9.83. The van der Waals surface area contributed by atoms with Gasteiger partial charge in [-0.15, -0.1) is 0 Å². The van der Waals surface area contributed by atoms with Crippen LogP contribution in [0.1, 0.15) is 18.1 Å². The molecule has 0 heterocycles. The molecule has 0 spiro atoms. The summed E-state index contributed by atoms with van der Waals surface area (Å²) in [5, 5.41) is 0. The predicted molar refractivity (Wildman–Crippen MR) is 60.7 cm³/mol. The molecule has 0 aliphatic carbocycles. The number of hydrogen-bond acceptors (Lipinski definition) is 4. The van der Waals surface area contributed by atoms with Crippen LogP contribution in [0.5, 0.6) is 0 Å². The van der Waals surface area contributed by atoms with Gasteiger partial charge in [0.1, 0.15) is 5.41 Å². The molecule has 0 aromatic heterocycles. The summed E-state index contributed by atoms with van der Waals surface area (Å²) in [6.45, 7) is 3.80. The zero-order chi connectivity index (χ0) is 12.2. The van der Waals surface area contributed by atoms with Crippen LogP contribution in [-0.4, -0.2) is 19.7 Å². The van der Waals surface area contributed by atoms with Crippen molar-refractivity contribution in [3.63, 3.8) is 0 Å². The summed E-state index contributed by atoms with van der Waals surface area (Å²) in [6, 6.07) is 7.64. The number of hydrogen-bond donors (Lipinski definition) is 1. The molecule has 0 amide bonds. The number of esters is 1. The van der Waals surface area contributed by atoms with Crippen LogP contribution in [0.3, 0.4) is 0 Å². The van der Waals surface area contributed by atoms with Gasteiger partial charge in [-0.2, -0.15) is 0 Å². The summed E-state index contributed by atoms with van der Waals surface area (Å²) in [5.41, 5.74) is 1.05. The molecule has 4 nitrogen and oxygen atoms in total. The fourth-order valence-corrected chi connectivity index (χ4v) is 1.64. The molecule has 0 aliphatic heterocycles. The van der Waals surface area contributed by atoms with Crippen molar-refractivity contribution in [1.29, 1.82) is 0 Å². The minimum absolute atomic E-state index is 0.0864. The molecule has 0 aliphatic rings. The lowest BCUT2D eigenvalue weighted by Gasteiger charge is -2.26. The van der Waals surface area contributed by atoms with Gasteiger partial charge in [0.25, 0.3) is 0 Å². The van der Waals surface area contributed by atoms with Crippen molar-refractivity contribution < 1.29 is 14.4 Å². The Bertz CT molecular complexity index is 378. The third-order valence-corrected chi connectivity index (χ3v) is 2.66. The Morgan fingerprint density at radius 3 is 2.69 bits per heavy atom. The van der Waals surface area contributed by atoms with Gasteiger partial charge in [-0.1, -0.05) is 29.8 Å². The molecule has 0 saturated heterocycles. The Hall–Kier alpha value is -1.39. The van der Waals surface area contributed by atoms with Gasteiger partial charge >= 0.3 is 5.97 Å². The van der Waals surface area contributed by atoms with Crippen LogP contribution < -0.4 is 5.90 Å². The summed E-state index contributed by atoms with van der Waals surface area (Å²) in [6.07, 6.45) is 0. The molecule has 0 fully saturated rings. The number of rotatable bonds is 4. The Labute approximate surface area is 95.3 Å². The molecule has 0 radical (unpaired) electrons. The molecule has 2 N–H and O–H groups in total. The first kappa shape index (κ1) is 12.7. The maximum atomic E-state index is 11.8. The van der Waals surface area contributed by atoms with Gasteiger partial charge in [0.05, 0.1) is 13.7 Å². The summed E-state index contributed by atoms with van der Waals surface area (Å²) in [4.78, 5) is 16.4. The Kier molecular flexibility index (Phi) is 4.04. The minimum atomic E-state index is -0.866. The molecular weight excluding hydrogens is 206 g/mol. The lowest BCUT2D eigenvalue weighted by molar-refractivity contribution is -0.149. The number of benzene rings is 1. The highest BCUT2D eigenvalue weighted by atomic mass is 16.6. The van der Waals surface area contributed by atoms with Crippen molar-refractivity contribution in [2.24, 2.45) is 5.90 Å². The number of carbonyl (C=O) groups is 1. The third kappa shape index (κ3) is 2.40. The number of ether oxygens (including phenoxy) is 1. The van der Waals surface area contributed by atoms with E-state index in [-0.39, 0.29) is 12.6 Å². The first-order valence-electron chi connectivity index (χ1n) is 5.02. The highest BCUT2D eigenvalue weighted by molar-refractivity contribution is 5.82. The van der Waals surface area contributed by atoms with E-state index in [0.717, 1.165) is 11.1 Å². The van der Waals surface area contributed by atoms with Crippen LogP contribution >= 0.6 is 0 Å². The van der Waals surface area contributed by atoms with E-state index in [9.17, 15) is 4.79 Å². The predicted octanol–water partition coefficient (Wildman–Crippen LogP) is 1.32. The molecule has 1 unspecified atom stereocenters. The third-order valence-electron chi connectivity index (χ3n) is 2.66. The van der Waals surface area contributed by atoms with E-state index >= 15 is 0 Å². The normalized spacial score (nSPS) is 14.2. The molecule has 1 aromatic rings. The average Bonchev–Trinajstić information content (AvgIpc) is 2.28. The number of carbonyl (C=O) groups excluding carboxylic acids is 1. The molecule has 4 heteroatoms. The summed E-state index contributed by atoms with van der Waals surface area (Å²) in [5.74, 6) is 4.72. The Morgan fingerprint density at radius 1 is 1.50 bits per heavy atom. The second kappa shape index (κ2) is 5.09. The van der Waals surface area contributed by atoms with E-state index in [1.807, 2.05) is 31.2 Å². The quantitative estimate of drug-likeness (QED) is 0.617. The van der Waals surface area contributed by atoms with Crippen LogP contribution in [0.4, 0.5) is 0 Å². The summed E-state index contributed by atoms with van der Waals surface area (Å²) >= 11 is 0. The van der Waals surface area contributed by atoms with Crippen LogP contribution in [-0.2, 0) is 19.8 Å². The SMILES string of the molecule is COC(=O)C(C)(CON)c1cccc(C)c1. The summed E-state index contributed by atoms with van der Waals surface area (Å²) in [7, 11) is 1.35. The van der Waals surface area contributed by atoms with Crippen molar-refractivity contribution in [3.8, 4) is 0 Å². The first-order valence-corrected chi connectivity index (χ1v) is 5.02. The topological polar surface area (TPSA) is 61.5 Å². The van der Waals surface area contributed by atoms with Crippen LogP contribution in [0, 0.1) is 6.92 Å². The van der Waals surface area contributed by atoms with Gasteiger partial charge in [-0.25, -0.2) is 5.90 Å². The van der Waals surface area contributed by atoms with Gasteiger partial charge in [-0.3, -0.25) is 4.79 Å². The smallest absolute Gasteiger partial charge is 0.318 e. The van der Waals surface area contributed by atoms with E-state index in [2.05, 4.69) is 4.84 Å². The van der Waals surface area contributed by atoms with Crippen LogP contribution in [0.2, 0.25) is 0 Å². The maximum absolute atomic E-state index is 11.8. The molecule has 1 rings (SSSR count). The fourth-order valence-electron chi connectivity index (χ4n) is 1.64. The monoisotopic (exact) mass is 223 g/mol. The van der Waals surface area contributed by atoms with Gasteiger partial charge < -0.3 is 9.57 Å². The Morgan fingerprint density at radius 2 is 2.19 bits per heavy atom. The molecule has 88 valence electrons. The number of methoxy groups -OCH3 is 1. The van der Waals surface area contributed by atoms with E-state index in [0.29, 0.717) is 0 Å². The average molecular weight is 223 g/mol. The van der Waals surface area contributed by atoms with E-state index < -0.39 is 5.41 Å². The number of aryl methyl sites for hydroxylation is 1. The molecule has 0 saturated carbocycles. The second-order valence-electron chi connectivity index (χ2n) is 4.00. The zero-order valence-electron chi connectivity index (χ0n) is 9.82. The highest BCUT2D eigenvalue weighted by Crippen LogP contribution is 2.26. The maximum Gasteiger partial charge on any atom is 0.318 e. The van der Waals surface area contributed by atoms with Crippen molar-refractivity contribution >= 4 is 5.97 Å². The van der Waals surface area contributed by atoms with Gasteiger partial charge in [0, 0.05) is 0 Å². The van der Waals surface area contributed by atoms with Crippen molar-refractivity contribution in [3.05, 3.63) is 35.4 Å². The van der Waals surface area contributed by atoms with Crippen LogP contribution in [0.15, 0.2) is 24.3 Å². The molecular formula is C12H17NO3. The van der Waals surface area contributed by atoms with E-state index in [4.69, 9.17) is 10.6 Å². The first-order chi connectivity index (χ1) is 7.54. The molecule has 16 heavy (non-hydrogen) atoms. The van der Waals surface area contributed by atoms with Gasteiger partial charge in [0.2, 0.25) is 0 Å². The van der Waals surface area contributed by atoms with Crippen LogP contribution in [0.25, 0.3) is 0 Å². The second-order valence-corrected chi connectivity index (χ2v) is 4.00. The summed E-state index contributed by atoms with van der Waals surface area (Å²) < 4.78 is 4.79. The lowest BCUT2D eigenvalue weighted by Crippen LogP contribution is -2.39. The number of nitrogens with two attached hydrogens (primary N) is 1. The molecule has 1 aromatic carbocycles. The largest absolute Gasteiger partial charge is 0.468 e. The van der Waals surface area contributed by atoms with Gasteiger partial charge in [-0.05, 0) is 19.4 Å². The minimum Gasteiger partial charge on any atom is -0.468 e. The fraction of sp³-hybridized carbons (Fsp3) is 0.417. The Balaban J connectivity index is 3.15. The molecule has 0 bridgehead atoms. The highest BCUT2D eigenvalue weighted by Gasteiger charge is 2.36. The molecule has 1 atom stereocenters. The van der Waals surface area contributed by atoms with E-state index in [1.54, 1.807) is 6.92 Å².